The fraction of sp³-hybridized carbons (Fsp3) is 0.294. The Balaban J connectivity index is 1.95. The fourth-order valence-electron chi connectivity index (χ4n) is 1.89. The molecule has 1 aromatic heterocycles. The number of carbonyl (C=O) groups excluding carboxylic acids is 1. The van der Waals surface area contributed by atoms with Crippen molar-refractivity contribution in [2.75, 3.05) is 12.4 Å². The zero-order chi connectivity index (χ0) is 16.5. The molecular formula is C17H18ClNO3S. The number of pyridine rings is 1. The molecule has 0 spiro atoms. The molecule has 0 unspecified atom stereocenters. The third-order valence-corrected chi connectivity index (χ3v) is 4.11. The Hall–Kier alpha value is -1.72. The molecule has 0 aliphatic carbocycles. The van der Waals surface area contributed by atoms with Gasteiger partial charge in [0.2, 0.25) is 0 Å². The summed E-state index contributed by atoms with van der Waals surface area (Å²) in [6.07, 6.45) is 3.49. The molecule has 0 radical (unpaired) electrons. The number of benzene rings is 1. The third kappa shape index (κ3) is 6.12. The van der Waals surface area contributed by atoms with Crippen molar-refractivity contribution in [1.82, 2.24) is 4.98 Å². The Bertz CT molecular complexity index is 637. The molecule has 0 aliphatic rings. The van der Waals surface area contributed by atoms with Crippen LogP contribution in [0.15, 0.2) is 42.7 Å². The number of hydrogen-bond donors (Lipinski definition) is 0. The molecule has 0 amide bonds. The van der Waals surface area contributed by atoms with Crippen LogP contribution in [0.1, 0.15) is 18.1 Å². The summed E-state index contributed by atoms with van der Waals surface area (Å²) < 4.78 is 10.8. The highest BCUT2D eigenvalue weighted by atomic mass is 35.5. The summed E-state index contributed by atoms with van der Waals surface area (Å²) in [5, 5.41) is 0.644. The number of hydrogen-bond acceptors (Lipinski definition) is 5. The van der Waals surface area contributed by atoms with Crippen molar-refractivity contribution in [2.45, 2.75) is 19.3 Å². The monoisotopic (exact) mass is 351 g/mol. The zero-order valence-electron chi connectivity index (χ0n) is 12.8. The normalized spacial score (nSPS) is 10.3. The zero-order valence-corrected chi connectivity index (χ0v) is 14.4. The Morgan fingerprint density at radius 3 is 2.96 bits per heavy atom. The van der Waals surface area contributed by atoms with Gasteiger partial charge in [-0.25, -0.2) is 0 Å². The highest BCUT2D eigenvalue weighted by Gasteiger charge is 2.08. The van der Waals surface area contributed by atoms with Crippen molar-refractivity contribution in [2.24, 2.45) is 0 Å². The van der Waals surface area contributed by atoms with Gasteiger partial charge in [-0.15, -0.1) is 11.8 Å². The van der Waals surface area contributed by atoms with E-state index in [2.05, 4.69) is 4.98 Å². The predicted molar refractivity (Wildman–Crippen MR) is 92.8 cm³/mol. The van der Waals surface area contributed by atoms with Crippen LogP contribution in [-0.2, 0) is 21.9 Å². The van der Waals surface area contributed by atoms with Gasteiger partial charge in [0.25, 0.3) is 0 Å². The van der Waals surface area contributed by atoms with E-state index in [1.54, 1.807) is 25.4 Å². The van der Waals surface area contributed by atoms with Gasteiger partial charge >= 0.3 is 5.97 Å². The summed E-state index contributed by atoms with van der Waals surface area (Å²) >= 11 is 7.53. The lowest BCUT2D eigenvalue weighted by Gasteiger charge is -2.12. The lowest BCUT2D eigenvalue weighted by molar-refractivity contribution is -0.139. The summed E-state index contributed by atoms with van der Waals surface area (Å²) in [5.74, 6) is 1.48. The molecule has 0 N–H and O–H groups in total. The minimum Gasteiger partial charge on any atom is -0.489 e. The van der Waals surface area contributed by atoms with E-state index in [1.165, 1.54) is 11.8 Å². The lowest BCUT2D eigenvalue weighted by Crippen LogP contribution is -2.07. The average molecular weight is 352 g/mol. The summed E-state index contributed by atoms with van der Waals surface area (Å²) in [4.78, 5) is 15.5. The van der Waals surface area contributed by atoms with Gasteiger partial charge in [-0.1, -0.05) is 17.7 Å². The van der Waals surface area contributed by atoms with Gasteiger partial charge in [-0.2, -0.15) is 0 Å². The SMILES string of the molecule is CCOC(=O)CSCc1cc(Cl)ccc1OCc1cccnc1. The number of ether oxygens (including phenoxy) is 2. The van der Waals surface area contributed by atoms with Crippen molar-refractivity contribution in [3.8, 4) is 5.75 Å². The number of carbonyl (C=O) groups is 1. The Morgan fingerprint density at radius 2 is 2.22 bits per heavy atom. The van der Waals surface area contributed by atoms with Crippen LogP contribution in [0.4, 0.5) is 0 Å². The molecular weight excluding hydrogens is 334 g/mol. The van der Waals surface area contributed by atoms with Gasteiger partial charge in [0.05, 0.1) is 12.4 Å². The van der Waals surface area contributed by atoms with E-state index < -0.39 is 0 Å². The molecule has 6 heteroatoms. The lowest BCUT2D eigenvalue weighted by atomic mass is 10.2. The summed E-state index contributed by atoms with van der Waals surface area (Å²) in [5.41, 5.74) is 1.95. The number of aromatic nitrogens is 1. The second kappa shape index (κ2) is 9.43. The van der Waals surface area contributed by atoms with Crippen LogP contribution >= 0.6 is 23.4 Å². The summed E-state index contributed by atoms with van der Waals surface area (Å²) in [6.45, 7) is 2.63. The molecule has 23 heavy (non-hydrogen) atoms. The molecule has 0 saturated heterocycles. The van der Waals surface area contributed by atoms with Gasteiger partial charge in [-0.05, 0) is 31.2 Å². The topological polar surface area (TPSA) is 48.4 Å². The van der Waals surface area contributed by atoms with E-state index in [-0.39, 0.29) is 5.97 Å². The quantitative estimate of drug-likeness (QED) is 0.670. The molecule has 0 saturated carbocycles. The molecule has 0 atom stereocenters. The minimum absolute atomic E-state index is 0.211. The highest BCUT2D eigenvalue weighted by molar-refractivity contribution is 7.99. The number of rotatable bonds is 8. The predicted octanol–water partition coefficient (Wildman–Crippen LogP) is 4.11. The first-order valence-electron chi connectivity index (χ1n) is 7.22. The van der Waals surface area contributed by atoms with Gasteiger partial charge in [0.15, 0.2) is 0 Å². The third-order valence-electron chi connectivity index (χ3n) is 2.92. The molecule has 2 aromatic rings. The molecule has 4 nitrogen and oxygen atoms in total. The standard InChI is InChI=1S/C17H18ClNO3S/c1-2-21-17(20)12-23-11-14-8-15(18)5-6-16(14)22-10-13-4-3-7-19-9-13/h3-9H,2,10-12H2,1H3. The van der Waals surface area contributed by atoms with Crippen molar-refractivity contribution >= 4 is 29.3 Å². The van der Waals surface area contributed by atoms with Crippen molar-refractivity contribution in [1.29, 1.82) is 0 Å². The van der Waals surface area contributed by atoms with Crippen LogP contribution in [0, 0.1) is 0 Å². The van der Waals surface area contributed by atoms with Crippen LogP contribution in [-0.4, -0.2) is 23.3 Å². The Morgan fingerprint density at radius 1 is 1.35 bits per heavy atom. The van der Waals surface area contributed by atoms with Gasteiger partial charge in [0, 0.05) is 34.3 Å². The minimum atomic E-state index is -0.211. The Kier molecular flexibility index (Phi) is 7.23. The van der Waals surface area contributed by atoms with E-state index in [4.69, 9.17) is 21.1 Å². The van der Waals surface area contributed by atoms with E-state index in [1.807, 2.05) is 24.3 Å². The maximum absolute atomic E-state index is 11.4. The molecule has 1 aromatic carbocycles. The molecule has 0 bridgehead atoms. The molecule has 122 valence electrons. The molecule has 1 heterocycles. The molecule has 0 fully saturated rings. The van der Waals surface area contributed by atoms with Crippen molar-refractivity contribution < 1.29 is 14.3 Å². The van der Waals surface area contributed by atoms with Crippen LogP contribution < -0.4 is 4.74 Å². The average Bonchev–Trinajstić information content (AvgIpc) is 2.55. The van der Waals surface area contributed by atoms with Crippen molar-refractivity contribution in [3.63, 3.8) is 0 Å². The van der Waals surface area contributed by atoms with E-state index in [0.717, 1.165) is 16.9 Å². The Labute approximate surface area is 145 Å². The van der Waals surface area contributed by atoms with Gasteiger partial charge < -0.3 is 9.47 Å². The highest BCUT2D eigenvalue weighted by Crippen LogP contribution is 2.27. The van der Waals surface area contributed by atoms with E-state index in [9.17, 15) is 4.79 Å². The first-order valence-corrected chi connectivity index (χ1v) is 8.75. The number of halogens is 1. The van der Waals surface area contributed by atoms with E-state index in [0.29, 0.717) is 29.7 Å². The number of nitrogens with zero attached hydrogens (tertiary/aromatic N) is 1. The fourth-order valence-corrected chi connectivity index (χ4v) is 2.89. The number of esters is 1. The second-order valence-electron chi connectivity index (χ2n) is 4.70. The first-order chi connectivity index (χ1) is 11.2. The maximum Gasteiger partial charge on any atom is 0.315 e. The second-order valence-corrected chi connectivity index (χ2v) is 6.12. The summed E-state index contributed by atoms with van der Waals surface area (Å²) in [7, 11) is 0. The maximum atomic E-state index is 11.4. The van der Waals surface area contributed by atoms with E-state index >= 15 is 0 Å². The van der Waals surface area contributed by atoms with Crippen LogP contribution in [0.25, 0.3) is 0 Å². The summed E-state index contributed by atoms with van der Waals surface area (Å²) in [6, 6.07) is 9.33. The largest absolute Gasteiger partial charge is 0.489 e. The van der Waals surface area contributed by atoms with Crippen molar-refractivity contribution in [3.05, 3.63) is 58.9 Å². The van der Waals surface area contributed by atoms with Gasteiger partial charge in [0.1, 0.15) is 12.4 Å². The smallest absolute Gasteiger partial charge is 0.315 e. The van der Waals surface area contributed by atoms with Crippen LogP contribution in [0.5, 0.6) is 5.75 Å². The number of thioether (sulfide) groups is 1. The van der Waals surface area contributed by atoms with Crippen LogP contribution in [0.3, 0.4) is 0 Å². The first kappa shape index (κ1) is 17.6. The van der Waals surface area contributed by atoms with Crippen LogP contribution in [0.2, 0.25) is 5.02 Å². The molecule has 0 aliphatic heterocycles. The van der Waals surface area contributed by atoms with Gasteiger partial charge in [-0.3, -0.25) is 9.78 Å². The molecule has 2 rings (SSSR count).